The second kappa shape index (κ2) is 7.80. The maximum atomic E-state index is 13.2. The Labute approximate surface area is 132 Å². The fraction of sp³-hybridized carbons (Fsp3) is 0.667. The van der Waals surface area contributed by atoms with Crippen molar-refractivity contribution in [3.63, 3.8) is 0 Å². The molecule has 2 unspecified atom stereocenters. The van der Waals surface area contributed by atoms with Crippen molar-refractivity contribution < 1.29 is 23.1 Å². The molecule has 22 heavy (non-hydrogen) atoms. The monoisotopic (exact) mass is 344 g/mol. The average Bonchev–Trinajstić information content (AvgIpc) is 2.82. The number of rotatable bonds is 6. The van der Waals surface area contributed by atoms with Crippen molar-refractivity contribution >= 4 is 18.3 Å². The molecule has 10 heteroatoms. The van der Waals surface area contributed by atoms with E-state index in [0.717, 1.165) is 4.57 Å². The van der Waals surface area contributed by atoms with Gasteiger partial charge in [-0.05, 0) is 0 Å². The van der Waals surface area contributed by atoms with E-state index in [1.165, 1.54) is 19.4 Å². The Morgan fingerprint density at radius 3 is 2.55 bits per heavy atom. The van der Waals surface area contributed by atoms with Crippen molar-refractivity contribution in [1.82, 2.24) is 14.9 Å². The van der Waals surface area contributed by atoms with E-state index in [1.54, 1.807) is 6.92 Å². The lowest BCUT2D eigenvalue weighted by atomic mass is 9.97. The number of aromatic nitrogens is 2. The minimum absolute atomic E-state index is 0. The third-order valence-corrected chi connectivity index (χ3v) is 3.25. The molecule has 6 nitrogen and oxygen atoms in total. The number of aliphatic hydroxyl groups is 1. The lowest BCUT2D eigenvalue weighted by molar-refractivity contribution is -0.272. The number of amides is 1. The molecule has 0 saturated heterocycles. The van der Waals surface area contributed by atoms with Gasteiger partial charge >= 0.3 is 6.18 Å². The summed E-state index contributed by atoms with van der Waals surface area (Å²) in [6.07, 6.45) is -3.16. The van der Waals surface area contributed by atoms with Crippen LogP contribution in [0.25, 0.3) is 0 Å². The van der Waals surface area contributed by atoms with Gasteiger partial charge in [-0.1, -0.05) is 6.92 Å². The molecule has 4 N–H and O–H groups in total. The number of aryl methyl sites for hydroxylation is 1. The Morgan fingerprint density at radius 1 is 1.55 bits per heavy atom. The van der Waals surface area contributed by atoms with E-state index in [1.807, 2.05) is 0 Å². The van der Waals surface area contributed by atoms with Crippen LogP contribution in [-0.2, 0) is 17.4 Å². The Hall–Kier alpha value is -1.32. The van der Waals surface area contributed by atoms with Crippen molar-refractivity contribution in [3.05, 3.63) is 18.2 Å². The molecule has 0 fully saturated rings. The first-order chi connectivity index (χ1) is 9.63. The van der Waals surface area contributed by atoms with Crippen molar-refractivity contribution in [2.45, 2.75) is 25.1 Å². The minimum Gasteiger partial charge on any atom is -0.374 e. The highest BCUT2D eigenvalue weighted by atomic mass is 35.5. The zero-order chi connectivity index (χ0) is 16.3. The predicted octanol–water partition coefficient (Wildman–Crippen LogP) is 0.693. The van der Waals surface area contributed by atoms with Gasteiger partial charge in [0.2, 0.25) is 11.5 Å². The molecule has 1 amide bonds. The van der Waals surface area contributed by atoms with Gasteiger partial charge in [0.25, 0.3) is 0 Å². The van der Waals surface area contributed by atoms with Crippen molar-refractivity contribution in [2.24, 2.45) is 18.7 Å². The van der Waals surface area contributed by atoms with Gasteiger partial charge in [-0.15, -0.1) is 12.4 Å². The fourth-order valence-corrected chi connectivity index (χ4v) is 1.79. The highest BCUT2D eigenvalue weighted by molar-refractivity contribution is 5.85. The lowest BCUT2D eigenvalue weighted by Gasteiger charge is -2.30. The molecule has 1 rings (SSSR count). The number of carbonyl (C=O) groups excluding carboxylic acids is 1. The quantitative estimate of drug-likeness (QED) is 0.708. The molecule has 1 aromatic heterocycles. The maximum Gasteiger partial charge on any atom is 0.424 e. The standard InChI is InChI=1S/C12H19F3N4O2.ClH/c1-8(7-16)9(20)17-4-3-11(21,12(13,14)15)10-18-5-6-19(10)2;/h5-6,8,21H,3-4,7,16H2,1-2H3,(H,17,20);1H. The van der Waals surface area contributed by atoms with Crippen LogP contribution >= 0.6 is 12.4 Å². The van der Waals surface area contributed by atoms with Crippen LogP contribution in [0, 0.1) is 5.92 Å². The van der Waals surface area contributed by atoms with Crippen molar-refractivity contribution in [2.75, 3.05) is 13.1 Å². The normalized spacial score (nSPS) is 15.6. The SMILES string of the molecule is CC(CN)C(=O)NCCC(O)(c1nccn1C)C(F)(F)F.Cl. The van der Waals surface area contributed by atoms with Crippen LogP contribution in [0.5, 0.6) is 0 Å². The minimum atomic E-state index is -4.91. The van der Waals surface area contributed by atoms with Gasteiger partial charge in [-0.3, -0.25) is 4.79 Å². The van der Waals surface area contributed by atoms with Crippen LogP contribution in [0.2, 0.25) is 0 Å². The molecular formula is C12H20ClF3N4O2. The second-order valence-electron chi connectivity index (χ2n) is 4.90. The second-order valence-corrected chi connectivity index (χ2v) is 4.90. The number of hydrogen-bond acceptors (Lipinski definition) is 4. The summed E-state index contributed by atoms with van der Waals surface area (Å²) < 4.78 is 40.6. The number of nitrogens with two attached hydrogens (primary N) is 1. The molecule has 0 saturated carbocycles. The molecular weight excluding hydrogens is 325 g/mol. The summed E-state index contributed by atoms with van der Waals surface area (Å²) in [5.74, 6) is -1.48. The first-order valence-corrected chi connectivity index (χ1v) is 6.38. The zero-order valence-electron chi connectivity index (χ0n) is 12.2. The molecule has 128 valence electrons. The largest absolute Gasteiger partial charge is 0.424 e. The summed E-state index contributed by atoms with van der Waals surface area (Å²) >= 11 is 0. The highest BCUT2D eigenvalue weighted by Gasteiger charge is 2.57. The topological polar surface area (TPSA) is 93.2 Å². The maximum absolute atomic E-state index is 13.2. The van der Waals surface area contributed by atoms with E-state index < -0.39 is 35.8 Å². The van der Waals surface area contributed by atoms with Gasteiger partial charge in [0, 0.05) is 44.9 Å². The van der Waals surface area contributed by atoms with Crippen molar-refractivity contribution in [1.29, 1.82) is 0 Å². The number of halogens is 4. The van der Waals surface area contributed by atoms with Gasteiger partial charge in [0.1, 0.15) is 5.82 Å². The van der Waals surface area contributed by atoms with Crippen LogP contribution in [0.3, 0.4) is 0 Å². The van der Waals surface area contributed by atoms with Crippen LogP contribution in [-0.4, -0.2) is 39.8 Å². The van der Waals surface area contributed by atoms with Gasteiger partial charge in [0.15, 0.2) is 0 Å². The van der Waals surface area contributed by atoms with E-state index in [-0.39, 0.29) is 25.5 Å². The van der Waals surface area contributed by atoms with Crippen LogP contribution in [0.4, 0.5) is 13.2 Å². The number of nitrogens with one attached hydrogen (secondary N) is 1. The number of hydrogen-bond donors (Lipinski definition) is 3. The molecule has 1 aromatic rings. The molecule has 0 aliphatic rings. The third kappa shape index (κ3) is 4.34. The van der Waals surface area contributed by atoms with E-state index >= 15 is 0 Å². The van der Waals surface area contributed by atoms with E-state index in [2.05, 4.69) is 10.3 Å². The Balaban J connectivity index is 0.00000441. The highest BCUT2D eigenvalue weighted by Crippen LogP contribution is 2.40. The van der Waals surface area contributed by atoms with E-state index in [4.69, 9.17) is 5.73 Å². The number of nitrogens with zero attached hydrogens (tertiary/aromatic N) is 2. The van der Waals surface area contributed by atoms with Gasteiger partial charge in [-0.25, -0.2) is 4.98 Å². The molecule has 0 bridgehead atoms. The smallest absolute Gasteiger partial charge is 0.374 e. The summed E-state index contributed by atoms with van der Waals surface area (Å²) in [4.78, 5) is 15.1. The Morgan fingerprint density at radius 2 is 2.14 bits per heavy atom. The van der Waals surface area contributed by atoms with Gasteiger partial charge in [-0.2, -0.15) is 13.2 Å². The molecule has 0 radical (unpaired) electrons. The molecule has 0 aromatic carbocycles. The lowest BCUT2D eigenvalue weighted by Crippen LogP contribution is -2.47. The number of alkyl halides is 3. The fourth-order valence-electron chi connectivity index (χ4n) is 1.79. The van der Waals surface area contributed by atoms with Gasteiger partial charge < -0.3 is 20.7 Å². The Kier molecular flexibility index (Phi) is 7.33. The summed E-state index contributed by atoms with van der Waals surface area (Å²) in [5, 5.41) is 12.3. The first kappa shape index (κ1) is 20.7. The summed E-state index contributed by atoms with van der Waals surface area (Å²) in [7, 11) is 1.36. The van der Waals surface area contributed by atoms with Gasteiger partial charge in [0.05, 0.1) is 0 Å². The van der Waals surface area contributed by atoms with Crippen LogP contribution in [0.15, 0.2) is 12.4 Å². The zero-order valence-corrected chi connectivity index (χ0v) is 13.0. The molecule has 0 aliphatic carbocycles. The first-order valence-electron chi connectivity index (χ1n) is 6.38. The predicted molar refractivity (Wildman–Crippen MR) is 76.3 cm³/mol. The summed E-state index contributed by atoms with van der Waals surface area (Å²) in [6, 6.07) is 0. The number of carbonyl (C=O) groups is 1. The summed E-state index contributed by atoms with van der Waals surface area (Å²) in [5.41, 5.74) is 2.17. The van der Waals surface area contributed by atoms with Crippen LogP contribution in [0.1, 0.15) is 19.2 Å². The van der Waals surface area contributed by atoms with E-state index in [9.17, 15) is 23.1 Å². The number of imidazole rings is 1. The van der Waals surface area contributed by atoms with Crippen molar-refractivity contribution in [3.8, 4) is 0 Å². The summed E-state index contributed by atoms with van der Waals surface area (Å²) in [6.45, 7) is 1.31. The third-order valence-electron chi connectivity index (χ3n) is 3.25. The molecule has 1 heterocycles. The molecule has 2 atom stereocenters. The average molecular weight is 345 g/mol. The van der Waals surface area contributed by atoms with E-state index in [0.29, 0.717) is 0 Å². The Bertz CT molecular complexity index is 495. The molecule has 0 spiro atoms. The molecule has 0 aliphatic heterocycles. The van der Waals surface area contributed by atoms with Crippen LogP contribution < -0.4 is 11.1 Å².